The zero-order valence-corrected chi connectivity index (χ0v) is 24.6. The van der Waals surface area contributed by atoms with Crippen LogP contribution in [0.1, 0.15) is 72.0 Å². The van der Waals surface area contributed by atoms with E-state index in [0.29, 0.717) is 17.8 Å². The minimum atomic E-state index is -0.0223. The first-order valence-electron chi connectivity index (χ1n) is 16.5. The number of rotatable bonds is 3. The van der Waals surface area contributed by atoms with E-state index in [1.54, 1.807) is 0 Å². The topological polar surface area (TPSA) is 47.4 Å². The fourth-order valence-electron chi connectivity index (χ4n) is 8.88. The Kier molecular flexibility index (Phi) is 6.51. The van der Waals surface area contributed by atoms with E-state index in [-0.39, 0.29) is 30.7 Å². The second-order valence-electron chi connectivity index (χ2n) is 13.4. The van der Waals surface area contributed by atoms with Gasteiger partial charge in [-0.05, 0) is 83.8 Å². The summed E-state index contributed by atoms with van der Waals surface area (Å²) in [4.78, 5) is 0. The van der Waals surface area contributed by atoms with Gasteiger partial charge in [0, 0.05) is 11.8 Å². The van der Waals surface area contributed by atoms with Gasteiger partial charge in [0.1, 0.15) is 0 Å². The zero-order valence-electron chi connectivity index (χ0n) is 24.6. The fraction of sp³-hybridized carbons (Fsp3) is 0.385. The van der Waals surface area contributed by atoms with Gasteiger partial charge < -0.3 is 20.7 Å². The fourth-order valence-corrected chi connectivity index (χ4v) is 8.88. The van der Waals surface area contributed by atoms with Gasteiger partial charge in [0.15, 0.2) is 0 Å². The van der Waals surface area contributed by atoms with Gasteiger partial charge in [0.2, 0.25) is 0 Å². The number of allylic oxidation sites excluding steroid dienone is 5. The molecule has 0 amide bonds. The maximum absolute atomic E-state index is 6.51. The van der Waals surface area contributed by atoms with Crippen molar-refractivity contribution in [3.63, 3.8) is 0 Å². The van der Waals surface area contributed by atoms with Crippen molar-refractivity contribution in [1.29, 1.82) is 0 Å². The normalized spacial score (nSPS) is 37.0. The van der Waals surface area contributed by atoms with Crippen LogP contribution in [0.3, 0.4) is 0 Å². The Balaban J connectivity index is 1.05. The highest BCUT2D eigenvalue weighted by molar-refractivity contribution is 5.70. The maximum atomic E-state index is 6.51. The molecule has 9 rings (SSSR count). The summed E-state index contributed by atoms with van der Waals surface area (Å²) in [5.41, 5.74) is 10.0. The molecule has 0 radical (unpaired) electrons. The summed E-state index contributed by atoms with van der Waals surface area (Å²) in [6.07, 6.45) is 30.9. The van der Waals surface area contributed by atoms with Gasteiger partial charge in [0.25, 0.3) is 0 Å². The predicted molar refractivity (Wildman–Crippen MR) is 174 cm³/mol. The quantitative estimate of drug-likeness (QED) is 0.398. The summed E-state index contributed by atoms with van der Waals surface area (Å²) in [6.45, 7) is 0. The predicted octanol–water partition coefficient (Wildman–Crippen LogP) is 7.86. The molecule has 2 aliphatic heterocycles. The Morgan fingerprint density at radius 2 is 1.72 bits per heavy atom. The number of hydrogen-bond acceptors (Lipinski definition) is 3. The van der Waals surface area contributed by atoms with Gasteiger partial charge in [-0.25, -0.2) is 0 Å². The van der Waals surface area contributed by atoms with Crippen molar-refractivity contribution in [1.82, 2.24) is 10.6 Å². The van der Waals surface area contributed by atoms with Crippen LogP contribution in [0.25, 0.3) is 17.5 Å². The molecule has 2 aromatic carbocycles. The molecule has 0 spiro atoms. The van der Waals surface area contributed by atoms with Crippen LogP contribution in [0.2, 0.25) is 0 Å². The molecule has 2 fully saturated rings. The summed E-state index contributed by atoms with van der Waals surface area (Å²) in [5.74, 6) is 1.96. The van der Waals surface area contributed by atoms with E-state index in [1.165, 1.54) is 64.6 Å². The molecule has 0 bridgehead atoms. The molecule has 7 aliphatic rings. The van der Waals surface area contributed by atoms with Crippen LogP contribution < -0.4 is 10.6 Å². The van der Waals surface area contributed by atoms with Gasteiger partial charge in [-0.3, -0.25) is 0 Å². The van der Waals surface area contributed by atoms with E-state index < -0.39 is 0 Å². The van der Waals surface area contributed by atoms with E-state index in [4.69, 9.17) is 10.1 Å². The molecule has 2 heterocycles. The van der Waals surface area contributed by atoms with Gasteiger partial charge >= 0.3 is 0 Å². The standard InChI is InChI=1S/C39H40N3O/c1-2-9-26(10-3-1)37-40-38(29-17-14-24-8-4-5-11-27(24)22-29)42-39(41-37)30-18-20-31-28(23-30)16-15-25-19-21-34-36(35(25)31)32-12-6-7-13-33(32)43-34/h1-3,5-7,9-13,15-16,19,21-24,29,32-34,36-39,41-42H,4,8,14,17-18,20H2/q-1. The molecule has 2 saturated heterocycles. The summed E-state index contributed by atoms with van der Waals surface area (Å²) in [5, 5.41) is 13.3. The minimum Gasteiger partial charge on any atom is -0.628 e. The Hall–Kier alpha value is -3.28. The number of fused-ring (bicyclic) bond motifs is 8. The molecule has 0 saturated carbocycles. The Morgan fingerprint density at radius 1 is 0.814 bits per heavy atom. The van der Waals surface area contributed by atoms with Gasteiger partial charge in [0.05, 0.1) is 18.4 Å². The molecule has 43 heavy (non-hydrogen) atoms. The van der Waals surface area contributed by atoms with Gasteiger partial charge in [-0.1, -0.05) is 121 Å². The van der Waals surface area contributed by atoms with Crippen LogP contribution in [0.5, 0.6) is 0 Å². The van der Waals surface area contributed by atoms with Crippen molar-refractivity contribution >= 4 is 12.2 Å². The highest BCUT2D eigenvalue weighted by Gasteiger charge is 2.45. The van der Waals surface area contributed by atoms with Crippen LogP contribution in [0.4, 0.5) is 0 Å². The maximum Gasteiger partial charge on any atom is 0.0843 e. The number of nitrogens with one attached hydrogen (secondary N) is 2. The first-order valence-corrected chi connectivity index (χ1v) is 16.5. The van der Waals surface area contributed by atoms with Crippen molar-refractivity contribution < 1.29 is 4.74 Å². The molecular formula is C39H40N3O-. The number of nitrogens with zero attached hydrogens (tertiary/aromatic N) is 1. The Bertz CT molecular complexity index is 1600. The number of ether oxygens (including phenoxy) is 1. The third kappa shape index (κ3) is 4.58. The Labute approximate surface area is 255 Å². The van der Waals surface area contributed by atoms with Crippen LogP contribution >= 0.6 is 0 Å². The molecule has 5 aliphatic carbocycles. The second-order valence-corrected chi connectivity index (χ2v) is 13.4. The number of hydrogen-bond donors (Lipinski definition) is 2. The number of benzene rings is 2. The second kappa shape index (κ2) is 10.7. The van der Waals surface area contributed by atoms with Crippen molar-refractivity contribution in [3.8, 4) is 0 Å². The lowest BCUT2D eigenvalue weighted by Gasteiger charge is -2.54. The van der Waals surface area contributed by atoms with Crippen molar-refractivity contribution in [3.05, 3.63) is 135 Å². The average molecular weight is 567 g/mol. The molecular weight excluding hydrogens is 526 g/mol. The van der Waals surface area contributed by atoms with Crippen LogP contribution in [0, 0.1) is 17.8 Å². The van der Waals surface area contributed by atoms with Crippen LogP contribution in [-0.4, -0.2) is 24.5 Å². The van der Waals surface area contributed by atoms with Crippen molar-refractivity contribution in [2.24, 2.45) is 17.8 Å². The molecule has 2 N–H and O–H groups in total. The highest BCUT2D eigenvalue weighted by Crippen LogP contribution is 2.50. The smallest absolute Gasteiger partial charge is 0.0843 e. The Morgan fingerprint density at radius 3 is 2.67 bits per heavy atom. The highest BCUT2D eigenvalue weighted by atomic mass is 16.5. The summed E-state index contributed by atoms with van der Waals surface area (Å²) in [6, 6.07) is 15.5. The molecule has 0 aromatic heterocycles. The minimum absolute atomic E-state index is 0.0223. The van der Waals surface area contributed by atoms with Gasteiger partial charge in [-0.15, -0.1) is 0 Å². The SMILES string of the molecule is C1=CC2OC3C=Cc4ccc5c(c4C3C2C=C1)CCC(C1NC(c2ccccc2)[N-]C(C2C=C3C=CCCC3CC2)N1)=C5. The van der Waals surface area contributed by atoms with Gasteiger partial charge in [-0.2, -0.15) is 0 Å². The first kappa shape index (κ1) is 26.2. The van der Waals surface area contributed by atoms with E-state index in [0.717, 1.165) is 18.8 Å². The molecule has 2 aromatic rings. The van der Waals surface area contributed by atoms with E-state index in [1.807, 2.05) is 0 Å². The van der Waals surface area contributed by atoms with Crippen LogP contribution in [-0.2, 0) is 11.2 Å². The summed E-state index contributed by atoms with van der Waals surface area (Å²) < 4.78 is 6.51. The molecule has 9 unspecified atom stereocenters. The lowest BCUT2D eigenvalue weighted by atomic mass is 9.71. The molecule has 4 nitrogen and oxygen atoms in total. The lowest BCUT2D eigenvalue weighted by molar-refractivity contribution is 0.0905. The monoisotopic (exact) mass is 566 g/mol. The third-order valence-corrected chi connectivity index (χ3v) is 11.0. The third-order valence-electron chi connectivity index (χ3n) is 11.0. The van der Waals surface area contributed by atoms with E-state index in [2.05, 4.69) is 114 Å². The summed E-state index contributed by atoms with van der Waals surface area (Å²) >= 11 is 0. The molecule has 218 valence electrons. The zero-order chi connectivity index (χ0) is 28.3. The van der Waals surface area contributed by atoms with E-state index >= 15 is 0 Å². The first-order chi connectivity index (χ1) is 21.3. The average Bonchev–Trinajstić information content (AvgIpc) is 3.47. The van der Waals surface area contributed by atoms with Crippen molar-refractivity contribution in [2.45, 2.75) is 75.1 Å². The summed E-state index contributed by atoms with van der Waals surface area (Å²) in [7, 11) is 0. The lowest BCUT2D eigenvalue weighted by Crippen LogP contribution is -2.57. The largest absolute Gasteiger partial charge is 0.628 e. The van der Waals surface area contributed by atoms with E-state index in [9.17, 15) is 0 Å². The molecule has 9 atom stereocenters. The van der Waals surface area contributed by atoms with Crippen molar-refractivity contribution in [2.75, 3.05) is 0 Å². The van der Waals surface area contributed by atoms with Crippen LogP contribution in [0.15, 0.2) is 102 Å². The molecule has 4 heteroatoms.